The van der Waals surface area contributed by atoms with Gasteiger partial charge in [0.15, 0.2) is 0 Å². The molecule has 28 heavy (non-hydrogen) atoms. The van der Waals surface area contributed by atoms with Gasteiger partial charge in [0.25, 0.3) is 17.5 Å². The van der Waals surface area contributed by atoms with E-state index in [1.807, 2.05) is 36.6 Å². The highest BCUT2D eigenvalue weighted by Crippen LogP contribution is 2.26. The van der Waals surface area contributed by atoms with E-state index >= 15 is 0 Å². The van der Waals surface area contributed by atoms with Gasteiger partial charge in [0.2, 0.25) is 4.96 Å². The van der Waals surface area contributed by atoms with Gasteiger partial charge in [-0.15, -0.1) is 16.4 Å². The minimum Gasteiger partial charge on any atom is -0.289 e. The predicted molar refractivity (Wildman–Crippen MR) is 107 cm³/mol. The molecule has 0 aliphatic carbocycles. The molecule has 8 nitrogen and oxygen atoms in total. The SMILES string of the molecule is Cc1ccc(-c2csc3nc(NC(=O)c4ccc([N+](=O)[O-])c(C)c4)nn23)cc1. The number of rotatable bonds is 4. The average molecular weight is 393 g/mol. The summed E-state index contributed by atoms with van der Waals surface area (Å²) in [7, 11) is 0. The van der Waals surface area contributed by atoms with Crippen LogP contribution in [0.5, 0.6) is 0 Å². The molecule has 0 atom stereocenters. The van der Waals surface area contributed by atoms with Crippen molar-refractivity contribution in [3.05, 3.63) is 74.6 Å². The fourth-order valence-electron chi connectivity index (χ4n) is 2.83. The van der Waals surface area contributed by atoms with E-state index in [1.54, 1.807) is 11.4 Å². The van der Waals surface area contributed by atoms with Gasteiger partial charge in [-0.1, -0.05) is 29.8 Å². The van der Waals surface area contributed by atoms with Crippen LogP contribution < -0.4 is 5.32 Å². The van der Waals surface area contributed by atoms with Crippen LogP contribution >= 0.6 is 11.3 Å². The number of nitrogens with zero attached hydrogens (tertiary/aromatic N) is 4. The molecule has 1 amide bonds. The van der Waals surface area contributed by atoms with Gasteiger partial charge in [0.05, 0.1) is 10.6 Å². The topological polar surface area (TPSA) is 102 Å². The summed E-state index contributed by atoms with van der Waals surface area (Å²) in [4.78, 5) is 27.9. The number of anilines is 1. The third kappa shape index (κ3) is 3.23. The molecule has 9 heteroatoms. The van der Waals surface area contributed by atoms with Crippen molar-refractivity contribution < 1.29 is 9.72 Å². The first-order chi connectivity index (χ1) is 13.4. The number of carbonyl (C=O) groups is 1. The molecule has 2 heterocycles. The summed E-state index contributed by atoms with van der Waals surface area (Å²) in [6.45, 7) is 3.61. The number of aryl methyl sites for hydroxylation is 2. The lowest BCUT2D eigenvalue weighted by atomic mass is 10.1. The molecule has 1 N–H and O–H groups in total. The van der Waals surface area contributed by atoms with Crippen molar-refractivity contribution in [1.29, 1.82) is 0 Å². The van der Waals surface area contributed by atoms with Gasteiger partial charge in [0.1, 0.15) is 0 Å². The summed E-state index contributed by atoms with van der Waals surface area (Å²) < 4.78 is 1.69. The average Bonchev–Trinajstić information content (AvgIpc) is 3.22. The van der Waals surface area contributed by atoms with Crippen molar-refractivity contribution in [2.75, 3.05) is 5.32 Å². The van der Waals surface area contributed by atoms with Crippen LogP contribution in [0.2, 0.25) is 0 Å². The maximum absolute atomic E-state index is 12.5. The zero-order valence-corrected chi connectivity index (χ0v) is 15.9. The Kier molecular flexibility index (Phi) is 4.36. The van der Waals surface area contributed by atoms with Crippen molar-refractivity contribution >= 4 is 33.8 Å². The molecular weight excluding hydrogens is 378 g/mol. The summed E-state index contributed by atoms with van der Waals surface area (Å²) in [6.07, 6.45) is 0. The first kappa shape index (κ1) is 17.8. The van der Waals surface area contributed by atoms with E-state index in [1.165, 1.54) is 35.1 Å². The van der Waals surface area contributed by atoms with E-state index in [0.717, 1.165) is 11.3 Å². The number of thiazole rings is 1. The van der Waals surface area contributed by atoms with Crippen LogP contribution in [0, 0.1) is 24.0 Å². The largest absolute Gasteiger partial charge is 0.289 e. The summed E-state index contributed by atoms with van der Waals surface area (Å²) in [6, 6.07) is 12.3. The standard InChI is InChI=1S/C19H15N5O3S/c1-11-3-5-13(6-4-11)16-10-28-19-21-18(22-23(16)19)20-17(25)14-7-8-15(24(26)27)12(2)9-14/h3-10H,1-2H3,(H,20,22,25). The smallest absolute Gasteiger partial charge is 0.272 e. The van der Waals surface area contributed by atoms with Crippen molar-refractivity contribution in [3.8, 4) is 11.3 Å². The second-order valence-corrected chi connectivity index (χ2v) is 7.17. The number of fused-ring (bicyclic) bond motifs is 1. The number of nitro benzene ring substituents is 1. The summed E-state index contributed by atoms with van der Waals surface area (Å²) in [5, 5.41) is 19.9. The molecular formula is C19H15N5O3S. The van der Waals surface area contributed by atoms with Crippen molar-refractivity contribution in [1.82, 2.24) is 14.6 Å². The Morgan fingerprint density at radius 1 is 1.18 bits per heavy atom. The van der Waals surface area contributed by atoms with E-state index in [-0.39, 0.29) is 11.6 Å². The molecule has 0 radical (unpaired) electrons. The Morgan fingerprint density at radius 2 is 1.93 bits per heavy atom. The Hall–Kier alpha value is -3.59. The fraction of sp³-hybridized carbons (Fsp3) is 0.105. The fourth-order valence-corrected chi connectivity index (χ4v) is 3.66. The van der Waals surface area contributed by atoms with Crippen LogP contribution in [0.1, 0.15) is 21.5 Å². The monoisotopic (exact) mass is 393 g/mol. The van der Waals surface area contributed by atoms with Crippen LogP contribution in [0.4, 0.5) is 11.6 Å². The van der Waals surface area contributed by atoms with Crippen LogP contribution in [0.15, 0.2) is 47.8 Å². The molecule has 0 spiro atoms. The number of nitro groups is 1. The second-order valence-electron chi connectivity index (χ2n) is 6.33. The first-order valence-corrected chi connectivity index (χ1v) is 9.28. The molecule has 0 bridgehead atoms. The van der Waals surface area contributed by atoms with Crippen molar-refractivity contribution in [3.63, 3.8) is 0 Å². The van der Waals surface area contributed by atoms with Gasteiger partial charge in [-0.05, 0) is 26.0 Å². The van der Waals surface area contributed by atoms with Crippen LogP contribution in [0.3, 0.4) is 0 Å². The number of aromatic nitrogens is 3. The van der Waals surface area contributed by atoms with Gasteiger partial charge < -0.3 is 0 Å². The number of hydrogen-bond donors (Lipinski definition) is 1. The molecule has 0 saturated carbocycles. The Morgan fingerprint density at radius 3 is 2.61 bits per heavy atom. The third-order valence-electron chi connectivity index (χ3n) is 4.31. The highest BCUT2D eigenvalue weighted by Gasteiger charge is 2.17. The number of benzene rings is 2. The second kappa shape index (κ2) is 6.86. The first-order valence-electron chi connectivity index (χ1n) is 8.40. The number of carbonyl (C=O) groups excluding carboxylic acids is 1. The normalized spacial score (nSPS) is 10.9. The van der Waals surface area contributed by atoms with E-state index in [9.17, 15) is 14.9 Å². The van der Waals surface area contributed by atoms with Crippen molar-refractivity contribution in [2.45, 2.75) is 13.8 Å². The number of nitrogens with one attached hydrogen (secondary N) is 1. The number of amides is 1. The summed E-state index contributed by atoms with van der Waals surface area (Å²) in [5.41, 5.74) is 3.75. The molecule has 4 rings (SSSR count). The number of hydrogen-bond acceptors (Lipinski definition) is 6. The molecule has 0 aliphatic rings. The molecule has 0 unspecified atom stereocenters. The van der Waals surface area contributed by atoms with Gasteiger partial charge in [-0.2, -0.15) is 4.98 Å². The van der Waals surface area contributed by atoms with Gasteiger partial charge in [-0.3, -0.25) is 20.2 Å². The molecule has 0 aliphatic heterocycles. The zero-order chi connectivity index (χ0) is 19.8. The highest BCUT2D eigenvalue weighted by molar-refractivity contribution is 7.15. The summed E-state index contributed by atoms with van der Waals surface area (Å²) >= 11 is 1.43. The maximum atomic E-state index is 12.5. The molecule has 4 aromatic rings. The maximum Gasteiger partial charge on any atom is 0.272 e. The Bertz CT molecular complexity index is 1210. The third-order valence-corrected chi connectivity index (χ3v) is 5.13. The van der Waals surface area contributed by atoms with Gasteiger partial charge in [0, 0.05) is 28.1 Å². The van der Waals surface area contributed by atoms with E-state index in [4.69, 9.17) is 0 Å². The zero-order valence-electron chi connectivity index (χ0n) is 15.0. The van der Waals surface area contributed by atoms with E-state index in [0.29, 0.717) is 16.1 Å². The van der Waals surface area contributed by atoms with Crippen LogP contribution in [0.25, 0.3) is 16.2 Å². The quantitative estimate of drug-likeness (QED) is 0.413. The Labute approximate surface area is 163 Å². The lowest BCUT2D eigenvalue weighted by Gasteiger charge is -2.03. The molecule has 2 aromatic carbocycles. The molecule has 0 saturated heterocycles. The van der Waals surface area contributed by atoms with Crippen molar-refractivity contribution in [2.24, 2.45) is 0 Å². The highest BCUT2D eigenvalue weighted by atomic mass is 32.1. The van der Waals surface area contributed by atoms with E-state index in [2.05, 4.69) is 15.4 Å². The summed E-state index contributed by atoms with van der Waals surface area (Å²) in [5.74, 6) is -0.241. The van der Waals surface area contributed by atoms with E-state index < -0.39 is 10.8 Å². The lowest BCUT2D eigenvalue weighted by molar-refractivity contribution is -0.385. The van der Waals surface area contributed by atoms with Gasteiger partial charge >= 0.3 is 0 Å². The van der Waals surface area contributed by atoms with Crippen LogP contribution in [-0.4, -0.2) is 25.4 Å². The lowest BCUT2D eigenvalue weighted by Crippen LogP contribution is -2.13. The predicted octanol–water partition coefficient (Wildman–Crippen LogP) is 4.24. The Balaban J connectivity index is 1.60. The van der Waals surface area contributed by atoms with Crippen LogP contribution in [-0.2, 0) is 0 Å². The minimum atomic E-state index is -0.478. The van der Waals surface area contributed by atoms with Gasteiger partial charge in [-0.25, -0.2) is 4.52 Å². The molecule has 140 valence electrons. The molecule has 0 fully saturated rings. The molecule has 2 aromatic heterocycles. The minimum absolute atomic E-state index is 0.0279.